The number of sulfonamides is 1. The van der Waals surface area contributed by atoms with E-state index in [-0.39, 0.29) is 14.5 Å². The first kappa shape index (κ1) is 16.7. The SMILES string of the molecule is Cc1[nH]c(=O)sc1S(=O)(=O)N1CCCC(C(C)(C)C)CC1. The van der Waals surface area contributed by atoms with Crippen LogP contribution in [0.3, 0.4) is 0 Å². The third kappa shape index (κ3) is 3.57. The Morgan fingerprint density at radius 2 is 1.90 bits per heavy atom. The van der Waals surface area contributed by atoms with Gasteiger partial charge in [0.15, 0.2) is 4.21 Å². The molecular weight excluding hydrogens is 308 g/mol. The summed E-state index contributed by atoms with van der Waals surface area (Å²) in [7, 11) is -3.54. The van der Waals surface area contributed by atoms with Gasteiger partial charge in [-0.15, -0.1) is 0 Å². The summed E-state index contributed by atoms with van der Waals surface area (Å²) in [5.41, 5.74) is 0.649. The molecule has 0 aliphatic carbocycles. The molecule has 0 aromatic carbocycles. The summed E-state index contributed by atoms with van der Waals surface area (Å²) in [5.74, 6) is 0.531. The summed E-state index contributed by atoms with van der Waals surface area (Å²) in [6, 6.07) is 0. The lowest BCUT2D eigenvalue weighted by molar-refractivity contribution is 0.217. The number of aromatic amines is 1. The second-order valence-corrected chi connectivity index (χ2v) is 9.94. The van der Waals surface area contributed by atoms with Crippen LogP contribution in [0.1, 0.15) is 45.7 Å². The maximum Gasteiger partial charge on any atom is 0.305 e. The summed E-state index contributed by atoms with van der Waals surface area (Å²) < 4.78 is 27.1. The fourth-order valence-electron chi connectivity index (χ4n) is 2.93. The minimum atomic E-state index is -3.54. The van der Waals surface area contributed by atoms with Crippen LogP contribution < -0.4 is 4.87 Å². The zero-order valence-corrected chi connectivity index (χ0v) is 14.7. The normalized spacial score (nSPS) is 22.2. The van der Waals surface area contributed by atoms with E-state index >= 15 is 0 Å². The Morgan fingerprint density at radius 3 is 2.43 bits per heavy atom. The fraction of sp³-hybridized carbons (Fsp3) is 0.786. The van der Waals surface area contributed by atoms with Crippen LogP contribution in [0, 0.1) is 18.3 Å². The lowest BCUT2D eigenvalue weighted by atomic mass is 9.77. The van der Waals surface area contributed by atoms with Gasteiger partial charge in [-0.05, 0) is 37.5 Å². The number of aryl methyl sites for hydroxylation is 1. The van der Waals surface area contributed by atoms with Crippen LogP contribution in [0.5, 0.6) is 0 Å². The van der Waals surface area contributed by atoms with E-state index in [1.807, 2.05) is 0 Å². The number of nitrogens with zero attached hydrogens (tertiary/aromatic N) is 1. The van der Waals surface area contributed by atoms with Crippen molar-refractivity contribution in [2.45, 2.75) is 51.2 Å². The number of rotatable bonds is 2. The first-order valence-electron chi connectivity index (χ1n) is 7.32. The number of thiazole rings is 1. The highest BCUT2D eigenvalue weighted by atomic mass is 32.2. The molecule has 7 heteroatoms. The number of hydrogen-bond acceptors (Lipinski definition) is 4. The van der Waals surface area contributed by atoms with Gasteiger partial charge in [-0.2, -0.15) is 4.31 Å². The van der Waals surface area contributed by atoms with Crippen LogP contribution in [-0.4, -0.2) is 30.8 Å². The molecule has 2 heterocycles. The minimum absolute atomic E-state index is 0.168. The van der Waals surface area contributed by atoms with E-state index in [1.165, 1.54) is 0 Å². The van der Waals surface area contributed by atoms with Crippen LogP contribution in [0.15, 0.2) is 9.00 Å². The minimum Gasteiger partial charge on any atom is -0.315 e. The molecule has 21 heavy (non-hydrogen) atoms. The zero-order valence-electron chi connectivity index (χ0n) is 13.1. The molecule has 1 aliphatic heterocycles. The van der Waals surface area contributed by atoms with E-state index in [4.69, 9.17) is 0 Å². The van der Waals surface area contributed by atoms with E-state index in [0.29, 0.717) is 24.7 Å². The van der Waals surface area contributed by atoms with Crippen molar-refractivity contribution in [2.75, 3.05) is 13.1 Å². The molecule has 1 aliphatic rings. The van der Waals surface area contributed by atoms with Gasteiger partial charge >= 0.3 is 4.87 Å². The molecule has 1 fully saturated rings. The largest absolute Gasteiger partial charge is 0.315 e. The van der Waals surface area contributed by atoms with Gasteiger partial charge in [0.05, 0.1) is 0 Å². The number of hydrogen-bond donors (Lipinski definition) is 1. The van der Waals surface area contributed by atoms with E-state index in [1.54, 1.807) is 11.2 Å². The summed E-state index contributed by atoms with van der Waals surface area (Å²) in [6.45, 7) is 9.36. The smallest absolute Gasteiger partial charge is 0.305 e. The molecule has 1 unspecified atom stereocenters. The molecule has 1 aromatic heterocycles. The third-order valence-corrected chi connectivity index (χ3v) is 7.75. The van der Waals surface area contributed by atoms with Crippen molar-refractivity contribution >= 4 is 21.4 Å². The standard InChI is InChI=1S/C14H24N2O3S2/c1-10-12(20-13(17)15-10)21(18,19)16-8-5-6-11(7-9-16)14(2,3)4/h11H,5-9H2,1-4H3,(H,15,17). The monoisotopic (exact) mass is 332 g/mol. The quantitative estimate of drug-likeness (QED) is 0.905. The van der Waals surface area contributed by atoms with Gasteiger partial charge in [-0.1, -0.05) is 32.1 Å². The molecule has 0 radical (unpaired) electrons. The maximum atomic E-state index is 12.7. The lowest BCUT2D eigenvalue weighted by Crippen LogP contribution is -2.32. The van der Waals surface area contributed by atoms with Crippen molar-refractivity contribution in [1.82, 2.24) is 9.29 Å². The molecule has 0 amide bonds. The molecule has 0 spiro atoms. The van der Waals surface area contributed by atoms with Gasteiger partial charge in [0.1, 0.15) is 0 Å². The molecule has 2 rings (SSSR count). The van der Waals surface area contributed by atoms with Gasteiger partial charge < -0.3 is 4.98 Å². The van der Waals surface area contributed by atoms with Crippen LogP contribution in [0.4, 0.5) is 0 Å². The molecule has 0 saturated carbocycles. The van der Waals surface area contributed by atoms with Gasteiger partial charge in [0.25, 0.3) is 10.0 Å². The summed E-state index contributed by atoms with van der Waals surface area (Å²) >= 11 is 0.787. The summed E-state index contributed by atoms with van der Waals surface area (Å²) in [5, 5.41) is 0. The zero-order chi connectivity index (χ0) is 15.8. The Kier molecular flexibility index (Phi) is 4.66. The Balaban J connectivity index is 2.22. The Morgan fingerprint density at radius 1 is 1.24 bits per heavy atom. The molecule has 1 N–H and O–H groups in total. The van der Waals surface area contributed by atoms with Crippen molar-refractivity contribution in [3.05, 3.63) is 15.4 Å². The van der Waals surface area contributed by atoms with Crippen molar-refractivity contribution in [3.8, 4) is 0 Å². The highest BCUT2D eigenvalue weighted by molar-refractivity contribution is 7.91. The van der Waals surface area contributed by atoms with Crippen LogP contribution >= 0.6 is 11.3 Å². The van der Waals surface area contributed by atoms with Crippen LogP contribution in [0.2, 0.25) is 0 Å². The van der Waals surface area contributed by atoms with Crippen molar-refractivity contribution < 1.29 is 8.42 Å². The Bertz CT molecular complexity index is 652. The molecule has 5 nitrogen and oxygen atoms in total. The topological polar surface area (TPSA) is 70.2 Å². The number of H-pyrrole nitrogens is 1. The first-order valence-corrected chi connectivity index (χ1v) is 9.58. The predicted octanol–water partition coefficient (Wildman–Crippen LogP) is 2.58. The van der Waals surface area contributed by atoms with Crippen LogP contribution in [0.25, 0.3) is 0 Å². The summed E-state index contributed by atoms with van der Waals surface area (Å²) in [6.07, 6.45) is 2.80. The second-order valence-electron chi connectivity index (χ2n) is 6.82. The van der Waals surface area contributed by atoms with Crippen molar-refractivity contribution in [2.24, 2.45) is 11.3 Å². The highest BCUT2D eigenvalue weighted by Crippen LogP contribution is 2.35. The molecule has 0 bridgehead atoms. The Hall–Kier alpha value is -0.660. The maximum absolute atomic E-state index is 12.7. The van der Waals surface area contributed by atoms with E-state index in [9.17, 15) is 13.2 Å². The third-order valence-electron chi connectivity index (χ3n) is 4.27. The average Bonchev–Trinajstić information content (AvgIpc) is 2.59. The van der Waals surface area contributed by atoms with Crippen LogP contribution in [-0.2, 0) is 10.0 Å². The first-order chi connectivity index (χ1) is 9.62. The van der Waals surface area contributed by atoms with Crippen molar-refractivity contribution in [1.29, 1.82) is 0 Å². The predicted molar refractivity (Wildman–Crippen MR) is 85.2 cm³/mol. The number of aromatic nitrogens is 1. The van der Waals surface area contributed by atoms with Gasteiger partial charge in [0.2, 0.25) is 0 Å². The fourth-order valence-corrected chi connectivity index (χ4v) is 5.86. The second kappa shape index (κ2) is 5.85. The summed E-state index contributed by atoms with van der Waals surface area (Å²) in [4.78, 5) is 13.6. The van der Waals surface area contributed by atoms with E-state index in [2.05, 4.69) is 25.8 Å². The van der Waals surface area contributed by atoms with Crippen molar-refractivity contribution in [3.63, 3.8) is 0 Å². The van der Waals surface area contributed by atoms with E-state index < -0.39 is 10.0 Å². The van der Waals surface area contributed by atoms with Gasteiger partial charge in [-0.3, -0.25) is 4.79 Å². The molecule has 1 atom stereocenters. The Labute approximate surface area is 130 Å². The van der Waals surface area contributed by atoms with Gasteiger partial charge in [0, 0.05) is 18.8 Å². The number of nitrogens with one attached hydrogen (secondary N) is 1. The van der Waals surface area contributed by atoms with Gasteiger partial charge in [-0.25, -0.2) is 8.42 Å². The average molecular weight is 332 g/mol. The lowest BCUT2D eigenvalue weighted by Gasteiger charge is -2.29. The molecule has 120 valence electrons. The molecule has 1 aromatic rings. The molecule has 1 saturated heterocycles. The molecular formula is C14H24N2O3S2. The van der Waals surface area contributed by atoms with E-state index in [0.717, 1.165) is 30.6 Å². The highest BCUT2D eigenvalue weighted by Gasteiger charge is 2.33.